The molecule has 0 aliphatic carbocycles. The zero-order chi connectivity index (χ0) is 14.4. The van der Waals surface area contributed by atoms with Crippen molar-refractivity contribution in [1.29, 1.82) is 0 Å². The summed E-state index contributed by atoms with van der Waals surface area (Å²) in [6.45, 7) is 1.31. The number of piperidine rings is 1. The fourth-order valence-electron chi connectivity index (χ4n) is 2.27. The number of nitrogens with one attached hydrogen (secondary N) is 2. The highest BCUT2D eigenvalue weighted by Gasteiger charge is 2.43. The van der Waals surface area contributed by atoms with E-state index in [2.05, 4.69) is 10.6 Å². The third-order valence-electron chi connectivity index (χ3n) is 3.47. The van der Waals surface area contributed by atoms with Gasteiger partial charge in [0, 0.05) is 6.42 Å². The smallest absolute Gasteiger partial charge is 0.220 e. The van der Waals surface area contributed by atoms with E-state index in [9.17, 15) is 20.1 Å². The van der Waals surface area contributed by atoms with Gasteiger partial charge in [-0.15, -0.1) is 0 Å². The Hall–Kier alpha value is -0.730. The Bertz CT molecular complexity index is 287. The molecule has 0 spiro atoms. The van der Waals surface area contributed by atoms with E-state index in [0.717, 1.165) is 12.8 Å². The summed E-state index contributed by atoms with van der Waals surface area (Å²) >= 11 is 0. The summed E-state index contributed by atoms with van der Waals surface area (Å²) in [5.41, 5.74) is 0. The van der Waals surface area contributed by atoms with Crippen LogP contribution in [0.25, 0.3) is 0 Å². The second kappa shape index (κ2) is 7.76. The summed E-state index contributed by atoms with van der Waals surface area (Å²) in [6, 6.07) is -2.08. The lowest BCUT2D eigenvalue weighted by Crippen LogP contribution is -2.71. The van der Waals surface area contributed by atoms with Crippen molar-refractivity contribution in [2.24, 2.45) is 0 Å². The van der Waals surface area contributed by atoms with E-state index in [1.165, 1.54) is 0 Å². The minimum absolute atomic E-state index is 0.221. The maximum absolute atomic E-state index is 11.7. The molecule has 1 amide bonds. The molecule has 5 unspecified atom stereocenters. The number of amides is 1. The molecule has 1 aliphatic heterocycles. The van der Waals surface area contributed by atoms with Crippen LogP contribution in [0.3, 0.4) is 0 Å². The highest BCUT2D eigenvalue weighted by molar-refractivity contribution is 5.76. The molecule has 7 heteroatoms. The summed E-state index contributed by atoms with van der Waals surface area (Å²) in [4.78, 5) is 11.7. The van der Waals surface area contributed by atoms with Gasteiger partial charge in [0.15, 0.2) is 0 Å². The molecular weight excluding hydrogens is 252 g/mol. The molecule has 5 atom stereocenters. The van der Waals surface area contributed by atoms with Crippen molar-refractivity contribution in [2.75, 3.05) is 13.2 Å². The lowest BCUT2D eigenvalue weighted by atomic mass is 9.88. The van der Waals surface area contributed by atoms with Crippen LogP contribution < -0.4 is 10.6 Å². The van der Waals surface area contributed by atoms with Crippen LogP contribution in [0.5, 0.6) is 0 Å². The van der Waals surface area contributed by atoms with Crippen LogP contribution in [0.2, 0.25) is 0 Å². The van der Waals surface area contributed by atoms with Gasteiger partial charge in [-0.3, -0.25) is 4.79 Å². The molecule has 1 heterocycles. The number of hydrogen-bond donors (Lipinski definition) is 6. The Kier molecular flexibility index (Phi) is 6.67. The largest absolute Gasteiger partial charge is 0.395 e. The molecule has 0 aromatic heterocycles. The Balaban J connectivity index is 2.65. The van der Waals surface area contributed by atoms with Gasteiger partial charge >= 0.3 is 0 Å². The summed E-state index contributed by atoms with van der Waals surface area (Å²) < 4.78 is 0. The lowest BCUT2D eigenvalue weighted by Gasteiger charge is -2.43. The zero-order valence-corrected chi connectivity index (χ0v) is 11.1. The van der Waals surface area contributed by atoms with E-state index in [4.69, 9.17) is 5.11 Å². The standard InChI is InChI=1S/C12H24N2O5/c1-2-3-4-9(17)14-10-7(5-15)13-8(6-16)11(18)12(10)19/h7-8,10-13,15-16,18-19H,2-6H2,1H3,(H,14,17). The summed E-state index contributed by atoms with van der Waals surface area (Å²) in [5.74, 6) is -0.221. The molecule has 1 fully saturated rings. The van der Waals surface area contributed by atoms with Crippen LogP contribution in [0, 0.1) is 0 Å². The van der Waals surface area contributed by atoms with E-state index in [1.54, 1.807) is 0 Å². The quantitative estimate of drug-likeness (QED) is 0.325. The van der Waals surface area contributed by atoms with E-state index in [1.807, 2.05) is 6.92 Å². The fourth-order valence-corrected chi connectivity index (χ4v) is 2.27. The second-order valence-electron chi connectivity index (χ2n) is 4.92. The van der Waals surface area contributed by atoms with Gasteiger partial charge in [0.1, 0.15) is 6.10 Å². The second-order valence-corrected chi connectivity index (χ2v) is 4.92. The maximum atomic E-state index is 11.7. The Morgan fingerprint density at radius 2 is 1.79 bits per heavy atom. The molecule has 1 rings (SSSR count). The topological polar surface area (TPSA) is 122 Å². The molecular formula is C12H24N2O5. The van der Waals surface area contributed by atoms with Crippen molar-refractivity contribution in [3.05, 3.63) is 0 Å². The third-order valence-corrected chi connectivity index (χ3v) is 3.47. The highest BCUT2D eigenvalue weighted by Crippen LogP contribution is 2.16. The summed E-state index contributed by atoms with van der Waals surface area (Å²) in [6.07, 6.45) is -0.437. The number of unbranched alkanes of at least 4 members (excludes halogenated alkanes) is 1. The number of rotatable bonds is 6. The first-order chi connectivity index (χ1) is 9.04. The minimum Gasteiger partial charge on any atom is -0.395 e. The van der Waals surface area contributed by atoms with Gasteiger partial charge in [0.05, 0.1) is 37.4 Å². The van der Waals surface area contributed by atoms with Crippen LogP contribution in [0.1, 0.15) is 26.2 Å². The number of carbonyl (C=O) groups is 1. The molecule has 0 aromatic carbocycles. The van der Waals surface area contributed by atoms with E-state index in [0.29, 0.717) is 6.42 Å². The normalized spacial score (nSPS) is 35.1. The van der Waals surface area contributed by atoms with Gasteiger partial charge in [-0.2, -0.15) is 0 Å². The molecule has 112 valence electrons. The number of hydrogen-bond acceptors (Lipinski definition) is 6. The molecule has 19 heavy (non-hydrogen) atoms. The van der Waals surface area contributed by atoms with Crippen molar-refractivity contribution in [3.8, 4) is 0 Å². The number of aliphatic hydroxyl groups is 4. The van der Waals surface area contributed by atoms with Crippen molar-refractivity contribution in [2.45, 2.75) is 56.5 Å². The Morgan fingerprint density at radius 1 is 1.16 bits per heavy atom. The molecule has 0 bridgehead atoms. The monoisotopic (exact) mass is 276 g/mol. The zero-order valence-electron chi connectivity index (χ0n) is 11.1. The van der Waals surface area contributed by atoms with Gasteiger partial charge in [0.25, 0.3) is 0 Å². The molecule has 6 N–H and O–H groups in total. The minimum atomic E-state index is -1.22. The van der Waals surface area contributed by atoms with Gasteiger partial charge in [-0.05, 0) is 6.42 Å². The van der Waals surface area contributed by atoms with Gasteiger partial charge in [-0.1, -0.05) is 13.3 Å². The maximum Gasteiger partial charge on any atom is 0.220 e. The van der Waals surface area contributed by atoms with Gasteiger partial charge < -0.3 is 31.1 Å². The predicted octanol–water partition coefficient (Wildman–Crippen LogP) is -2.29. The van der Waals surface area contributed by atoms with Crippen molar-refractivity contribution in [1.82, 2.24) is 10.6 Å². The van der Waals surface area contributed by atoms with Gasteiger partial charge in [0.2, 0.25) is 5.91 Å². The van der Waals surface area contributed by atoms with Crippen LogP contribution in [0.15, 0.2) is 0 Å². The fraction of sp³-hybridized carbons (Fsp3) is 0.917. The number of aliphatic hydroxyl groups excluding tert-OH is 4. The first kappa shape index (κ1) is 16.3. The van der Waals surface area contributed by atoms with E-state index >= 15 is 0 Å². The first-order valence-electron chi connectivity index (χ1n) is 6.68. The lowest BCUT2D eigenvalue weighted by molar-refractivity contribution is -0.127. The van der Waals surface area contributed by atoms with Crippen LogP contribution in [0.4, 0.5) is 0 Å². The number of carbonyl (C=O) groups excluding carboxylic acids is 1. The SMILES string of the molecule is CCCCC(=O)NC1C(CO)NC(CO)C(O)C1O. The Morgan fingerprint density at radius 3 is 2.32 bits per heavy atom. The van der Waals surface area contributed by atoms with Crippen LogP contribution in [-0.2, 0) is 4.79 Å². The third kappa shape index (κ3) is 4.12. The summed E-state index contributed by atoms with van der Waals surface area (Å²) in [7, 11) is 0. The van der Waals surface area contributed by atoms with Crippen LogP contribution >= 0.6 is 0 Å². The van der Waals surface area contributed by atoms with Gasteiger partial charge in [-0.25, -0.2) is 0 Å². The first-order valence-corrected chi connectivity index (χ1v) is 6.68. The highest BCUT2D eigenvalue weighted by atomic mass is 16.3. The van der Waals surface area contributed by atoms with E-state index in [-0.39, 0.29) is 19.1 Å². The molecule has 0 saturated carbocycles. The average Bonchev–Trinajstić information content (AvgIpc) is 2.42. The summed E-state index contributed by atoms with van der Waals surface area (Å²) in [5, 5.41) is 43.6. The molecule has 0 aromatic rings. The van der Waals surface area contributed by atoms with Crippen LogP contribution in [-0.4, -0.2) is 69.9 Å². The van der Waals surface area contributed by atoms with Crippen molar-refractivity contribution >= 4 is 5.91 Å². The predicted molar refractivity (Wildman–Crippen MR) is 68.4 cm³/mol. The molecule has 1 saturated heterocycles. The molecule has 7 nitrogen and oxygen atoms in total. The molecule has 0 radical (unpaired) electrons. The van der Waals surface area contributed by atoms with Crippen molar-refractivity contribution in [3.63, 3.8) is 0 Å². The Labute approximate surface area is 112 Å². The van der Waals surface area contributed by atoms with Crippen molar-refractivity contribution < 1.29 is 25.2 Å². The van der Waals surface area contributed by atoms with E-state index < -0.39 is 30.3 Å². The average molecular weight is 276 g/mol. The molecule has 1 aliphatic rings.